The Balaban J connectivity index is 1.76. The molecular formula is C19H24N2O3S2. The molecule has 26 heavy (non-hydrogen) atoms. The molecule has 0 spiro atoms. The van der Waals surface area contributed by atoms with Crippen LogP contribution in [0.15, 0.2) is 39.9 Å². The van der Waals surface area contributed by atoms with Crippen molar-refractivity contribution in [2.75, 3.05) is 6.54 Å². The van der Waals surface area contributed by atoms with Crippen LogP contribution < -0.4 is 4.72 Å². The number of hydrogen-bond acceptors (Lipinski definition) is 4. The number of benzene rings is 1. The fraction of sp³-hybridized carbons (Fsp3) is 0.421. The number of sulfonamides is 1. The second-order valence-corrected chi connectivity index (χ2v) is 9.70. The van der Waals surface area contributed by atoms with Gasteiger partial charge in [-0.05, 0) is 61.7 Å². The van der Waals surface area contributed by atoms with Crippen molar-refractivity contribution >= 4 is 27.3 Å². The maximum absolute atomic E-state index is 12.9. The molecule has 0 radical (unpaired) electrons. The predicted molar refractivity (Wildman–Crippen MR) is 104 cm³/mol. The molecule has 7 heteroatoms. The van der Waals surface area contributed by atoms with Crippen LogP contribution in [0.3, 0.4) is 0 Å². The van der Waals surface area contributed by atoms with Crippen LogP contribution in [0.2, 0.25) is 0 Å². The minimum Gasteiger partial charge on any atom is -0.334 e. The number of thiophene rings is 1. The van der Waals surface area contributed by atoms with Crippen LogP contribution in [0.5, 0.6) is 0 Å². The molecule has 0 aliphatic carbocycles. The van der Waals surface area contributed by atoms with Crippen LogP contribution in [0, 0.1) is 13.8 Å². The number of amides is 1. The van der Waals surface area contributed by atoms with Crippen molar-refractivity contribution in [2.24, 2.45) is 0 Å². The van der Waals surface area contributed by atoms with Gasteiger partial charge in [0.1, 0.15) is 4.21 Å². The molecule has 5 nitrogen and oxygen atoms in total. The molecule has 140 valence electrons. The largest absolute Gasteiger partial charge is 0.334 e. The second kappa shape index (κ2) is 7.50. The van der Waals surface area contributed by atoms with Gasteiger partial charge >= 0.3 is 0 Å². The van der Waals surface area contributed by atoms with E-state index in [4.69, 9.17) is 0 Å². The van der Waals surface area contributed by atoms with Crippen LogP contribution in [0.4, 0.5) is 0 Å². The molecule has 2 atom stereocenters. The van der Waals surface area contributed by atoms with Crippen molar-refractivity contribution in [2.45, 2.75) is 49.9 Å². The highest BCUT2D eigenvalue weighted by molar-refractivity contribution is 7.91. The van der Waals surface area contributed by atoms with Gasteiger partial charge in [0.25, 0.3) is 10.0 Å². The van der Waals surface area contributed by atoms with Gasteiger partial charge in [-0.2, -0.15) is 4.72 Å². The van der Waals surface area contributed by atoms with E-state index in [0.29, 0.717) is 6.54 Å². The minimum absolute atomic E-state index is 0.00971. The summed E-state index contributed by atoms with van der Waals surface area (Å²) in [7, 11) is -3.66. The predicted octanol–water partition coefficient (Wildman–Crippen LogP) is 3.40. The number of likely N-dealkylation sites (tertiary alicyclic amines) is 1. The Morgan fingerprint density at radius 2 is 2.04 bits per heavy atom. The number of hydrogen-bond donors (Lipinski definition) is 1. The van der Waals surface area contributed by atoms with E-state index in [-0.39, 0.29) is 16.2 Å². The van der Waals surface area contributed by atoms with E-state index in [2.05, 4.69) is 36.8 Å². The zero-order valence-corrected chi connectivity index (χ0v) is 16.9. The highest BCUT2D eigenvalue weighted by Crippen LogP contribution is 2.33. The normalized spacial score (nSPS) is 18.9. The number of nitrogens with zero attached hydrogens (tertiary/aromatic N) is 1. The summed E-state index contributed by atoms with van der Waals surface area (Å²) in [6.45, 7) is 6.40. The van der Waals surface area contributed by atoms with Crippen molar-refractivity contribution < 1.29 is 13.2 Å². The lowest BCUT2D eigenvalue weighted by atomic mass is 9.99. The first-order valence-electron chi connectivity index (χ1n) is 8.73. The minimum atomic E-state index is -3.66. The summed E-state index contributed by atoms with van der Waals surface area (Å²) in [6, 6.07) is 8.71. The molecule has 3 rings (SSSR count). The molecule has 2 heterocycles. The molecule has 1 N–H and O–H groups in total. The van der Waals surface area contributed by atoms with E-state index < -0.39 is 16.1 Å². The Hall–Kier alpha value is -1.70. The topological polar surface area (TPSA) is 66.5 Å². The molecule has 0 unspecified atom stereocenters. The zero-order chi connectivity index (χ0) is 18.9. The second-order valence-electron chi connectivity index (χ2n) is 6.81. The highest BCUT2D eigenvalue weighted by atomic mass is 32.2. The molecule has 1 aromatic heterocycles. The molecular weight excluding hydrogens is 368 g/mol. The van der Waals surface area contributed by atoms with E-state index in [1.807, 2.05) is 4.90 Å². The number of carbonyl (C=O) groups excluding carboxylic acids is 1. The molecule has 1 amide bonds. The summed E-state index contributed by atoms with van der Waals surface area (Å²) in [5, 5.41) is 1.71. The number of aryl methyl sites for hydroxylation is 2. The van der Waals surface area contributed by atoms with Gasteiger partial charge in [0.15, 0.2) is 0 Å². The average Bonchev–Trinajstić information content (AvgIpc) is 3.28. The quantitative estimate of drug-likeness (QED) is 0.848. The van der Waals surface area contributed by atoms with E-state index >= 15 is 0 Å². The van der Waals surface area contributed by atoms with E-state index in [1.54, 1.807) is 18.4 Å². The third-order valence-electron chi connectivity index (χ3n) is 4.91. The van der Waals surface area contributed by atoms with E-state index in [9.17, 15) is 13.2 Å². The summed E-state index contributed by atoms with van der Waals surface area (Å²) >= 11 is 1.14. The van der Waals surface area contributed by atoms with E-state index in [1.165, 1.54) is 17.2 Å². The van der Waals surface area contributed by atoms with Crippen LogP contribution in [0.25, 0.3) is 0 Å². The maximum atomic E-state index is 12.9. The Bertz CT molecular complexity index is 892. The molecule has 1 aliphatic rings. The van der Waals surface area contributed by atoms with Gasteiger partial charge in [0.2, 0.25) is 5.91 Å². The summed E-state index contributed by atoms with van der Waals surface area (Å²) in [4.78, 5) is 14.7. The van der Waals surface area contributed by atoms with Crippen molar-refractivity contribution in [3.05, 3.63) is 52.4 Å². The Labute approximate surface area is 159 Å². The number of nitrogens with one attached hydrogen (secondary N) is 1. The third kappa shape index (κ3) is 3.84. The SMILES string of the molecule is Cc1ccc([C@@H]2CCCN2C(=O)[C@@H](C)NS(=O)(=O)c2cccs2)cc1C. The molecule has 0 saturated carbocycles. The lowest BCUT2D eigenvalue weighted by molar-refractivity contribution is -0.133. The van der Waals surface area contributed by atoms with Crippen LogP contribution in [-0.2, 0) is 14.8 Å². The average molecular weight is 393 g/mol. The van der Waals surface area contributed by atoms with Crippen molar-refractivity contribution in [1.29, 1.82) is 0 Å². The highest BCUT2D eigenvalue weighted by Gasteiger charge is 2.34. The van der Waals surface area contributed by atoms with Crippen molar-refractivity contribution in [3.63, 3.8) is 0 Å². The van der Waals surface area contributed by atoms with Crippen LogP contribution in [-0.4, -0.2) is 31.8 Å². The maximum Gasteiger partial charge on any atom is 0.250 e. The van der Waals surface area contributed by atoms with Gasteiger partial charge in [-0.15, -0.1) is 11.3 Å². The monoisotopic (exact) mass is 392 g/mol. The molecule has 1 aromatic carbocycles. The molecule has 1 saturated heterocycles. The standard InChI is InChI=1S/C19H24N2O3S2/c1-13-8-9-16(12-14(13)2)17-6-4-10-21(17)19(22)15(3)20-26(23,24)18-7-5-11-25-18/h5,7-9,11-12,15,17,20H,4,6,10H2,1-3H3/t15-,17+/m1/s1. The smallest absolute Gasteiger partial charge is 0.250 e. The zero-order valence-electron chi connectivity index (χ0n) is 15.2. The van der Waals surface area contributed by atoms with Crippen molar-refractivity contribution in [1.82, 2.24) is 9.62 Å². The van der Waals surface area contributed by atoms with E-state index in [0.717, 1.165) is 29.7 Å². The lowest BCUT2D eigenvalue weighted by Crippen LogP contribution is -2.46. The molecule has 1 aliphatic heterocycles. The fourth-order valence-corrected chi connectivity index (χ4v) is 5.56. The third-order valence-corrected chi connectivity index (χ3v) is 7.85. The first-order chi connectivity index (χ1) is 12.3. The van der Waals surface area contributed by atoms with Gasteiger partial charge in [0, 0.05) is 6.54 Å². The molecule has 0 bridgehead atoms. The summed E-state index contributed by atoms with van der Waals surface area (Å²) in [5.74, 6) is -0.175. The van der Waals surface area contributed by atoms with Gasteiger partial charge in [-0.1, -0.05) is 24.3 Å². The van der Waals surface area contributed by atoms with Crippen molar-refractivity contribution in [3.8, 4) is 0 Å². The first-order valence-corrected chi connectivity index (χ1v) is 11.1. The van der Waals surface area contributed by atoms with Gasteiger partial charge in [0.05, 0.1) is 12.1 Å². The summed E-state index contributed by atoms with van der Waals surface area (Å²) < 4.78 is 27.5. The lowest BCUT2D eigenvalue weighted by Gasteiger charge is -2.28. The first kappa shape index (κ1) is 19.1. The summed E-state index contributed by atoms with van der Waals surface area (Å²) in [6.07, 6.45) is 1.83. The fourth-order valence-electron chi connectivity index (χ4n) is 3.36. The van der Waals surface area contributed by atoms with Gasteiger partial charge in [-0.3, -0.25) is 4.79 Å². The number of carbonyl (C=O) groups is 1. The molecule has 1 fully saturated rings. The number of rotatable bonds is 5. The van der Waals surface area contributed by atoms with Crippen LogP contribution >= 0.6 is 11.3 Å². The van der Waals surface area contributed by atoms with Gasteiger partial charge in [-0.25, -0.2) is 8.42 Å². The van der Waals surface area contributed by atoms with Crippen LogP contribution in [0.1, 0.15) is 42.5 Å². The molecule has 2 aromatic rings. The Kier molecular flexibility index (Phi) is 5.50. The van der Waals surface area contributed by atoms with Gasteiger partial charge < -0.3 is 4.90 Å². The Morgan fingerprint density at radius 3 is 2.69 bits per heavy atom. The summed E-state index contributed by atoms with van der Waals surface area (Å²) in [5.41, 5.74) is 3.54. The Morgan fingerprint density at radius 1 is 1.27 bits per heavy atom.